The van der Waals surface area contributed by atoms with Crippen LogP contribution in [0.25, 0.3) is 0 Å². The van der Waals surface area contributed by atoms with Crippen LogP contribution in [-0.4, -0.2) is 11.0 Å². The van der Waals surface area contributed by atoms with Gasteiger partial charge in [-0.2, -0.15) is 0 Å². The molecule has 0 bridgehead atoms. The summed E-state index contributed by atoms with van der Waals surface area (Å²) in [5.74, 6) is -2.61. The second-order valence-electron chi connectivity index (χ2n) is 3.16. The molecule has 0 amide bonds. The van der Waals surface area contributed by atoms with Crippen LogP contribution in [-0.2, 0) is 0 Å². The molecule has 4 nitrogen and oxygen atoms in total. The molecule has 0 radical (unpaired) electrons. The van der Waals surface area contributed by atoms with Crippen molar-refractivity contribution in [1.29, 1.82) is 0 Å². The first-order chi connectivity index (χ1) is 6.91. The fourth-order valence-corrected chi connectivity index (χ4v) is 1.03. The summed E-state index contributed by atoms with van der Waals surface area (Å²) < 4.78 is 30.8. The fraction of sp³-hybridized carbons (Fsp3) is 0.333. The summed E-state index contributed by atoms with van der Waals surface area (Å²) in [6, 6.07) is 1.17. The predicted octanol–water partition coefficient (Wildman–Crippen LogP) is 2.66. The first kappa shape index (κ1) is 11.4. The van der Waals surface area contributed by atoms with Gasteiger partial charge in [-0.25, -0.2) is 8.78 Å². The van der Waals surface area contributed by atoms with Crippen LogP contribution in [0.5, 0.6) is 5.75 Å². The van der Waals surface area contributed by atoms with Gasteiger partial charge in [0.25, 0.3) is 0 Å². The molecule has 82 valence electrons. The van der Waals surface area contributed by atoms with Gasteiger partial charge in [-0.15, -0.1) is 0 Å². The first-order valence-corrected chi connectivity index (χ1v) is 4.22. The smallest absolute Gasteiger partial charge is 0.316 e. The molecule has 1 rings (SSSR count). The summed E-state index contributed by atoms with van der Waals surface area (Å²) in [5, 5.41) is 10.5. The molecule has 0 aromatic heterocycles. The maximum atomic E-state index is 13.2. The van der Waals surface area contributed by atoms with E-state index in [9.17, 15) is 18.9 Å². The summed E-state index contributed by atoms with van der Waals surface area (Å²) in [4.78, 5) is 9.61. The van der Waals surface area contributed by atoms with E-state index in [1.807, 2.05) is 0 Å². The molecule has 6 heteroatoms. The molecule has 0 unspecified atom stereocenters. The Kier molecular flexibility index (Phi) is 3.18. The van der Waals surface area contributed by atoms with Crippen molar-refractivity contribution in [3.05, 3.63) is 33.9 Å². The van der Waals surface area contributed by atoms with Crippen molar-refractivity contribution < 1.29 is 18.4 Å². The highest BCUT2D eigenvalue weighted by molar-refractivity contribution is 5.47. The van der Waals surface area contributed by atoms with Crippen LogP contribution in [0.1, 0.15) is 13.8 Å². The van der Waals surface area contributed by atoms with Gasteiger partial charge in [0.2, 0.25) is 5.75 Å². The Labute approximate surface area is 84.6 Å². The summed E-state index contributed by atoms with van der Waals surface area (Å²) in [7, 11) is 0. The Bertz CT molecular complexity index is 393. The number of hydrogen-bond acceptors (Lipinski definition) is 3. The van der Waals surface area contributed by atoms with Crippen LogP contribution in [0.4, 0.5) is 14.5 Å². The standard InChI is InChI=1S/C9H9F2NO3/c1-5(2)15-9-7(11)3-6(10)4-8(9)12(13)14/h3-5H,1-2H3. The number of hydrogen-bond donors (Lipinski definition) is 0. The molecule has 0 saturated heterocycles. The largest absolute Gasteiger partial charge is 0.482 e. The van der Waals surface area contributed by atoms with Crippen molar-refractivity contribution in [2.24, 2.45) is 0 Å². The zero-order chi connectivity index (χ0) is 11.6. The average Bonchev–Trinajstić information content (AvgIpc) is 2.08. The zero-order valence-corrected chi connectivity index (χ0v) is 8.16. The summed E-state index contributed by atoms with van der Waals surface area (Å²) in [5.41, 5.74) is -0.707. The molecule has 0 aliphatic heterocycles. The van der Waals surface area contributed by atoms with E-state index in [4.69, 9.17) is 4.74 Å². The summed E-state index contributed by atoms with van der Waals surface area (Å²) in [6.45, 7) is 3.18. The van der Waals surface area contributed by atoms with Gasteiger partial charge in [0.15, 0.2) is 5.82 Å². The van der Waals surface area contributed by atoms with E-state index >= 15 is 0 Å². The maximum absolute atomic E-state index is 13.2. The lowest BCUT2D eigenvalue weighted by Gasteiger charge is -2.10. The van der Waals surface area contributed by atoms with Gasteiger partial charge in [0.05, 0.1) is 17.1 Å². The fourth-order valence-electron chi connectivity index (χ4n) is 1.03. The van der Waals surface area contributed by atoms with Crippen molar-refractivity contribution in [2.45, 2.75) is 20.0 Å². The van der Waals surface area contributed by atoms with Crippen molar-refractivity contribution in [3.8, 4) is 5.75 Å². The maximum Gasteiger partial charge on any atom is 0.316 e. The molecule has 0 aliphatic rings. The second-order valence-corrected chi connectivity index (χ2v) is 3.16. The van der Waals surface area contributed by atoms with Crippen LogP contribution in [0.2, 0.25) is 0 Å². The minimum Gasteiger partial charge on any atom is -0.482 e. The lowest BCUT2D eigenvalue weighted by molar-refractivity contribution is -0.386. The highest BCUT2D eigenvalue weighted by atomic mass is 19.1. The molecule has 15 heavy (non-hydrogen) atoms. The number of nitro benzene ring substituents is 1. The van der Waals surface area contributed by atoms with Gasteiger partial charge < -0.3 is 4.74 Å². The Morgan fingerprint density at radius 2 is 2.00 bits per heavy atom. The van der Waals surface area contributed by atoms with Gasteiger partial charge in [-0.1, -0.05) is 0 Å². The number of ether oxygens (including phenoxy) is 1. The highest BCUT2D eigenvalue weighted by Gasteiger charge is 2.22. The normalized spacial score (nSPS) is 10.5. The van der Waals surface area contributed by atoms with Crippen LogP contribution in [0.3, 0.4) is 0 Å². The molecule has 0 aliphatic carbocycles. The average molecular weight is 217 g/mol. The Morgan fingerprint density at radius 1 is 1.40 bits per heavy atom. The van der Waals surface area contributed by atoms with E-state index in [0.29, 0.717) is 12.1 Å². The molecule has 0 spiro atoms. The van der Waals surface area contributed by atoms with E-state index in [2.05, 4.69) is 0 Å². The Balaban J connectivity index is 3.27. The molecular weight excluding hydrogens is 208 g/mol. The molecule has 0 saturated carbocycles. The molecular formula is C9H9F2NO3. The second kappa shape index (κ2) is 4.20. The quantitative estimate of drug-likeness (QED) is 0.577. The minimum atomic E-state index is -1.07. The number of halogens is 2. The van der Waals surface area contributed by atoms with Crippen LogP contribution in [0.15, 0.2) is 12.1 Å². The molecule has 0 atom stereocenters. The molecule has 0 heterocycles. The number of benzene rings is 1. The third kappa shape index (κ3) is 2.61. The zero-order valence-electron chi connectivity index (χ0n) is 8.16. The molecule has 0 fully saturated rings. The number of nitro groups is 1. The summed E-state index contributed by atoms with van der Waals surface area (Å²) >= 11 is 0. The van der Waals surface area contributed by atoms with E-state index < -0.39 is 34.1 Å². The van der Waals surface area contributed by atoms with Gasteiger partial charge >= 0.3 is 5.69 Å². The minimum absolute atomic E-state index is 0.427. The molecule has 1 aromatic carbocycles. The van der Waals surface area contributed by atoms with E-state index in [1.54, 1.807) is 13.8 Å². The van der Waals surface area contributed by atoms with E-state index in [-0.39, 0.29) is 0 Å². The van der Waals surface area contributed by atoms with Gasteiger partial charge in [0, 0.05) is 6.07 Å². The number of rotatable bonds is 3. The monoisotopic (exact) mass is 217 g/mol. The van der Waals surface area contributed by atoms with Crippen molar-refractivity contribution in [1.82, 2.24) is 0 Å². The van der Waals surface area contributed by atoms with Crippen molar-refractivity contribution in [3.63, 3.8) is 0 Å². The van der Waals surface area contributed by atoms with E-state index in [0.717, 1.165) is 0 Å². The van der Waals surface area contributed by atoms with Crippen molar-refractivity contribution in [2.75, 3.05) is 0 Å². The van der Waals surface area contributed by atoms with Gasteiger partial charge in [0.1, 0.15) is 5.82 Å². The predicted molar refractivity (Wildman–Crippen MR) is 48.8 cm³/mol. The Morgan fingerprint density at radius 3 is 2.47 bits per heavy atom. The van der Waals surface area contributed by atoms with Crippen LogP contribution >= 0.6 is 0 Å². The summed E-state index contributed by atoms with van der Waals surface area (Å²) in [6.07, 6.45) is -0.427. The van der Waals surface area contributed by atoms with Crippen LogP contribution in [0, 0.1) is 21.7 Å². The van der Waals surface area contributed by atoms with Crippen LogP contribution < -0.4 is 4.74 Å². The van der Waals surface area contributed by atoms with Gasteiger partial charge in [-0.05, 0) is 13.8 Å². The molecule has 1 aromatic rings. The third-order valence-corrected chi connectivity index (χ3v) is 1.54. The van der Waals surface area contributed by atoms with Crippen molar-refractivity contribution >= 4 is 5.69 Å². The SMILES string of the molecule is CC(C)Oc1c(F)cc(F)cc1[N+](=O)[O-]. The third-order valence-electron chi connectivity index (χ3n) is 1.54. The lowest BCUT2D eigenvalue weighted by Crippen LogP contribution is -2.09. The Hall–Kier alpha value is -1.72. The highest BCUT2D eigenvalue weighted by Crippen LogP contribution is 2.31. The first-order valence-electron chi connectivity index (χ1n) is 4.22. The number of nitrogens with zero attached hydrogens (tertiary/aromatic N) is 1. The molecule has 0 N–H and O–H groups in total. The topological polar surface area (TPSA) is 52.4 Å². The van der Waals surface area contributed by atoms with E-state index in [1.165, 1.54) is 0 Å². The van der Waals surface area contributed by atoms with Gasteiger partial charge in [-0.3, -0.25) is 10.1 Å². The lowest BCUT2D eigenvalue weighted by atomic mass is 10.2.